The van der Waals surface area contributed by atoms with E-state index in [1.807, 2.05) is 0 Å². The van der Waals surface area contributed by atoms with Gasteiger partial charge in [-0.3, -0.25) is 0 Å². The van der Waals surface area contributed by atoms with E-state index in [1.54, 1.807) is 0 Å². The van der Waals surface area contributed by atoms with E-state index in [-0.39, 0.29) is 70.9 Å². The van der Waals surface area contributed by atoms with Crippen LogP contribution in [0, 0.1) is 0 Å². The fraction of sp³-hybridized carbons (Fsp3) is 1.00. The van der Waals surface area contributed by atoms with Crippen molar-refractivity contribution < 1.29 is 98.0 Å². The Labute approximate surface area is 136 Å². The molecule has 0 amide bonds. The van der Waals surface area contributed by atoms with Crippen molar-refractivity contribution in [2.45, 2.75) is 20.7 Å². The summed E-state index contributed by atoms with van der Waals surface area (Å²) >= 11 is 0. The summed E-state index contributed by atoms with van der Waals surface area (Å²) in [5.74, 6) is -5.92. The molecule has 17 heavy (non-hydrogen) atoms. The average molecular weight is 348 g/mol. The van der Waals surface area contributed by atoms with Crippen LogP contribution >= 0.6 is 0 Å². The van der Waals surface area contributed by atoms with Gasteiger partial charge in [-0.2, -0.15) is 13.2 Å². The van der Waals surface area contributed by atoms with Gasteiger partial charge in [-0.1, -0.05) is 14.9 Å². The zero-order chi connectivity index (χ0) is 11.5. The van der Waals surface area contributed by atoms with Gasteiger partial charge < -0.3 is 4.70 Å². The second kappa shape index (κ2) is 12.3. The van der Waals surface area contributed by atoms with Crippen molar-refractivity contribution in [2.75, 3.05) is 0 Å². The first-order valence-electron chi connectivity index (χ1n) is 2.14. The molecule has 0 heterocycles. The van der Waals surface area contributed by atoms with Gasteiger partial charge in [0, 0.05) is 0 Å². The van der Waals surface area contributed by atoms with E-state index in [1.165, 1.54) is 0 Å². The minimum Gasteiger partial charge on any atom is -1.00 e. The summed E-state index contributed by atoms with van der Waals surface area (Å²) in [6.07, 6.45) is 0. The minimum absolute atomic E-state index is 0. The second-order valence-electron chi connectivity index (χ2n) is 1.42. The zero-order valence-corrected chi connectivity index (χ0v) is 11.8. The third kappa shape index (κ3) is 38.2. The molecular formula is C3H8F11KSi2. The zero-order valence-electron chi connectivity index (χ0n) is 6.66. The van der Waals surface area contributed by atoms with Crippen LogP contribution in [-0.4, -0.2) is 24.3 Å². The molecule has 0 spiro atoms. The van der Waals surface area contributed by atoms with Crippen LogP contribution in [0.3, 0.4) is 0 Å². The van der Waals surface area contributed by atoms with Crippen molar-refractivity contribution in [2.24, 2.45) is 0 Å². The van der Waals surface area contributed by atoms with Gasteiger partial charge in [-0.05, 0) is 0 Å². The molecule has 0 aromatic rings. The smallest absolute Gasteiger partial charge is 1.00 e. The van der Waals surface area contributed by atoms with Crippen molar-refractivity contribution in [3.05, 3.63) is 0 Å². The SMILES string of the molecule is C.C.FC(F)(F)[Si](F)(F)F.F[Si](F)(F)F.[F-].[K+]. The molecular weight excluding hydrogens is 340 g/mol. The van der Waals surface area contributed by atoms with Gasteiger partial charge in [0.25, 0.3) is 0 Å². The van der Waals surface area contributed by atoms with Gasteiger partial charge >= 0.3 is 75.7 Å². The monoisotopic (exact) mass is 348 g/mol. The molecule has 0 aliphatic heterocycles. The van der Waals surface area contributed by atoms with E-state index >= 15 is 0 Å². The molecule has 0 saturated carbocycles. The molecule has 0 nitrogen and oxygen atoms in total. The summed E-state index contributed by atoms with van der Waals surface area (Å²) in [5, 5.41) is 0. The number of hydrogen-bond donors (Lipinski definition) is 0. The Bertz CT molecular complexity index is 128. The first-order valence-corrected chi connectivity index (χ1v) is 5.29. The van der Waals surface area contributed by atoms with Crippen molar-refractivity contribution in [1.82, 2.24) is 0 Å². The van der Waals surface area contributed by atoms with Gasteiger partial charge in [-0.15, -0.1) is 0 Å². The van der Waals surface area contributed by atoms with E-state index in [0.717, 1.165) is 0 Å². The van der Waals surface area contributed by atoms with E-state index in [4.69, 9.17) is 0 Å². The molecule has 0 aliphatic carbocycles. The third-order valence-corrected chi connectivity index (χ3v) is 0.964. The fourth-order valence-corrected chi connectivity index (χ4v) is 0. The summed E-state index contributed by atoms with van der Waals surface area (Å²) in [6, 6.07) is 0. The molecule has 0 rings (SSSR count). The summed E-state index contributed by atoms with van der Waals surface area (Å²) in [7, 11) is -14.0. The Kier molecular flexibility index (Phi) is 26.3. The normalized spacial score (nSPS) is 10.2. The van der Waals surface area contributed by atoms with Crippen LogP contribution in [0.25, 0.3) is 0 Å². The molecule has 0 fully saturated rings. The number of halogens is 11. The van der Waals surface area contributed by atoms with Crippen molar-refractivity contribution in [3.8, 4) is 0 Å². The fourth-order valence-electron chi connectivity index (χ4n) is 0. The molecule has 0 bridgehead atoms. The van der Waals surface area contributed by atoms with E-state index in [2.05, 4.69) is 0 Å². The van der Waals surface area contributed by atoms with Crippen LogP contribution in [0.4, 0.5) is 41.9 Å². The second-order valence-corrected chi connectivity index (χ2v) is 3.84. The Hall–Kier alpha value is 1.30. The van der Waals surface area contributed by atoms with Crippen LogP contribution in [0.1, 0.15) is 14.9 Å². The Balaban J connectivity index is -0.0000000306. The predicted octanol–water partition coefficient (Wildman–Crippen LogP) is -1.48. The van der Waals surface area contributed by atoms with Gasteiger partial charge in [0.1, 0.15) is 0 Å². The molecule has 0 aliphatic rings. The summed E-state index contributed by atoms with van der Waals surface area (Å²) in [5.41, 5.74) is 0. The molecule has 14 heteroatoms. The molecule has 0 saturated heterocycles. The quantitative estimate of drug-likeness (QED) is 0.285. The third-order valence-electron chi connectivity index (χ3n) is 0.321. The van der Waals surface area contributed by atoms with E-state index < -0.39 is 24.3 Å². The Morgan fingerprint density at radius 2 is 0.706 bits per heavy atom. The van der Waals surface area contributed by atoms with Gasteiger partial charge in [0.05, 0.1) is 0 Å². The molecule has 0 aromatic carbocycles. The molecule has 0 atom stereocenters. The van der Waals surface area contributed by atoms with Crippen LogP contribution in [0.5, 0.6) is 0 Å². The average Bonchev–Trinajstić information content (AvgIpc) is 1.50. The van der Waals surface area contributed by atoms with Crippen LogP contribution in [-0.2, 0) is 0 Å². The molecule has 106 valence electrons. The topological polar surface area (TPSA) is 0 Å². The first kappa shape index (κ1) is 36.2. The molecule has 0 aromatic heterocycles. The predicted molar refractivity (Wildman–Crippen MR) is 38.8 cm³/mol. The van der Waals surface area contributed by atoms with Crippen molar-refractivity contribution >= 4 is 18.5 Å². The largest absolute Gasteiger partial charge is 1.00 e. The van der Waals surface area contributed by atoms with E-state index in [9.17, 15) is 41.9 Å². The minimum atomic E-state index is -7.36. The summed E-state index contributed by atoms with van der Waals surface area (Å²) in [6.45, 7) is 0. The summed E-state index contributed by atoms with van der Waals surface area (Å²) in [4.78, 5) is 0. The maximum Gasteiger partial charge on any atom is 1.00 e. The van der Waals surface area contributed by atoms with Gasteiger partial charge in [0.15, 0.2) is 0 Å². The molecule has 0 radical (unpaired) electrons. The Morgan fingerprint density at radius 3 is 0.706 bits per heavy atom. The van der Waals surface area contributed by atoms with Crippen molar-refractivity contribution in [1.29, 1.82) is 0 Å². The van der Waals surface area contributed by atoms with Crippen LogP contribution in [0.15, 0.2) is 0 Å². The number of alkyl halides is 3. The number of hydrogen-bond acceptors (Lipinski definition) is 0. The first-order chi connectivity index (χ1) is 5.25. The maximum absolute atomic E-state index is 10.6. The van der Waals surface area contributed by atoms with E-state index in [0.29, 0.717) is 0 Å². The van der Waals surface area contributed by atoms with Gasteiger partial charge in [-0.25, -0.2) is 28.8 Å². The standard InChI is InChI=1S/CF6Si.2CH4.F4Si.FH.K/c2-1(3,4)8(5,6)7;;;1-5(2,3)4;;/h;2*1H4;;1H;/q;;;;;+1/p-1. The van der Waals surface area contributed by atoms with Crippen LogP contribution < -0.4 is 56.1 Å². The van der Waals surface area contributed by atoms with Crippen molar-refractivity contribution in [3.63, 3.8) is 0 Å². The maximum atomic E-state index is 10.6. The summed E-state index contributed by atoms with van der Waals surface area (Å²) < 4.78 is 103. The Morgan fingerprint density at radius 1 is 0.647 bits per heavy atom. The number of rotatable bonds is 0. The van der Waals surface area contributed by atoms with Crippen LogP contribution in [0.2, 0.25) is 0 Å². The molecule has 0 unspecified atom stereocenters. The van der Waals surface area contributed by atoms with Gasteiger partial charge in [0.2, 0.25) is 0 Å². The molecule has 0 N–H and O–H groups in total.